The Morgan fingerprint density at radius 3 is 2.21 bits per heavy atom. The third-order valence-corrected chi connectivity index (χ3v) is 13.2. The van der Waals surface area contributed by atoms with Gasteiger partial charge in [-0.1, -0.05) is 83.1 Å². The Balaban J connectivity index is 1.72. The summed E-state index contributed by atoms with van der Waals surface area (Å²) in [5.41, 5.74) is 3.84. The van der Waals surface area contributed by atoms with Crippen LogP contribution in [0.25, 0.3) is 0 Å². The molecule has 0 aliphatic rings. The number of hydrogen-bond donors (Lipinski definition) is 4. The number of carbonyl (C=O) groups excluding carboxylic acids is 1. The molecule has 3 rings (SSSR count). The van der Waals surface area contributed by atoms with Crippen LogP contribution in [0.3, 0.4) is 0 Å². The van der Waals surface area contributed by atoms with E-state index in [4.69, 9.17) is 4.43 Å². The minimum absolute atomic E-state index is 0.0226. The van der Waals surface area contributed by atoms with E-state index in [1.807, 2.05) is 48.5 Å². The fourth-order valence-corrected chi connectivity index (χ4v) is 6.14. The van der Waals surface area contributed by atoms with Crippen LogP contribution in [0.1, 0.15) is 87.2 Å². The third-order valence-electron chi connectivity index (χ3n) is 8.74. The average molecular weight is 605 g/mol. The molecule has 0 aliphatic carbocycles. The zero-order valence-electron chi connectivity index (χ0n) is 27.5. The van der Waals surface area contributed by atoms with Crippen LogP contribution >= 0.6 is 0 Å². The fourth-order valence-electron chi connectivity index (χ4n) is 4.85. The molecule has 0 unspecified atom stereocenters. The second-order valence-corrected chi connectivity index (χ2v) is 19.2. The molecule has 7 heteroatoms. The van der Waals surface area contributed by atoms with Gasteiger partial charge in [-0.3, -0.25) is 4.79 Å². The van der Waals surface area contributed by atoms with Gasteiger partial charge >= 0.3 is 0 Å². The van der Waals surface area contributed by atoms with E-state index in [9.17, 15) is 15.0 Å². The smallest absolute Gasteiger partial charge is 0.251 e. The lowest BCUT2D eigenvalue weighted by atomic mass is 9.84. The van der Waals surface area contributed by atoms with Crippen molar-refractivity contribution >= 4 is 14.2 Å². The second kappa shape index (κ2) is 13.8. The molecule has 4 N–H and O–H groups in total. The molecule has 43 heavy (non-hydrogen) atoms. The highest BCUT2D eigenvalue weighted by atomic mass is 28.4. The van der Waals surface area contributed by atoms with Crippen LogP contribution in [0.15, 0.2) is 72.8 Å². The van der Waals surface area contributed by atoms with Gasteiger partial charge in [0.1, 0.15) is 5.75 Å². The molecular formula is C36H52N2O4Si. The highest BCUT2D eigenvalue weighted by molar-refractivity contribution is 6.74. The second-order valence-electron chi connectivity index (χ2n) is 14.5. The van der Waals surface area contributed by atoms with Crippen LogP contribution in [0, 0.1) is 0 Å². The van der Waals surface area contributed by atoms with E-state index in [1.165, 1.54) is 5.56 Å². The van der Waals surface area contributed by atoms with Gasteiger partial charge < -0.3 is 25.3 Å². The average Bonchev–Trinajstić information content (AvgIpc) is 2.94. The lowest BCUT2D eigenvalue weighted by Crippen LogP contribution is -2.47. The van der Waals surface area contributed by atoms with Gasteiger partial charge in [0.2, 0.25) is 0 Å². The molecule has 0 spiro atoms. The zero-order valence-corrected chi connectivity index (χ0v) is 28.5. The number of amides is 1. The minimum Gasteiger partial charge on any atom is -0.508 e. The normalized spacial score (nSPS) is 13.5. The van der Waals surface area contributed by atoms with Gasteiger partial charge in [-0.25, -0.2) is 0 Å². The number of aliphatic hydroxyl groups excluding tert-OH is 1. The molecule has 234 valence electrons. The van der Waals surface area contributed by atoms with E-state index in [0.717, 1.165) is 11.1 Å². The maximum atomic E-state index is 13.1. The molecule has 0 aromatic heterocycles. The van der Waals surface area contributed by atoms with Crippen LogP contribution in [-0.2, 0) is 22.9 Å². The molecule has 0 bridgehead atoms. The monoisotopic (exact) mass is 604 g/mol. The van der Waals surface area contributed by atoms with Crippen molar-refractivity contribution in [3.63, 3.8) is 0 Å². The van der Waals surface area contributed by atoms with Crippen LogP contribution in [0.4, 0.5) is 0 Å². The first kappa shape index (κ1) is 34.5. The summed E-state index contributed by atoms with van der Waals surface area (Å²) in [6.45, 7) is 20.6. The largest absolute Gasteiger partial charge is 0.508 e. The Labute approximate surface area is 260 Å². The van der Waals surface area contributed by atoms with Crippen LogP contribution in [0.5, 0.6) is 5.75 Å². The predicted molar refractivity (Wildman–Crippen MR) is 179 cm³/mol. The molecule has 0 saturated carbocycles. The Kier molecular flexibility index (Phi) is 11.1. The molecule has 6 nitrogen and oxygen atoms in total. The molecule has 0 fully saturated rings. The highest BCUT2D eigenvalue weighted by Gasteiger charge is 2.40. The number of benzene rings is 3. The van der Waals surface area contributed by atoms with Crippen molar-refractivity contribution in [2.45, 2.75) is 96.7 Å². The van der Waals surface area contributed by atoms with Crippen molar-refractivity contribution < 1.29 is 19.4 Å². The van der Waals surface area contributed by atoms with Gasteiger partial charge in [0, 0.05) is 35.2 Å². The zero-order chi connectivity index (χ0) is 32.1. The fraction of sp³-hybridized carbons (Fsp3) is 0.472. The first-order valence-electron chi connectivity index (χ1n) is 15.2. The number of phenols is 1. The summed E-state index contributed by atoms with van der Waals surface area (Å²) in [4.78, 5) is 13.1. The SMILES string of the molecule is CC(C)(Cc1cccc(C(=O)NCC(C)(C)c2ccccc2)c1)NC[C@H](O[Si](C)(C)C(C)(C)C)c1ccc(O)c(CO)c1. The minimum atomic E-state index is -2.14. The maximum Gasteiger partial charge on any atom is 0.251 e. The predicted octanol–water partition coefficient (Wildman–Crippen LogP) is 7.27. The van der Waals surface area contributed by atoms with Crippen molar-refractivity contribution in [3.8, 4) is 5.75 Å². The van der Waals surface area contributed by atoms with Gasteiger partial charge in [-0.15, -0.1) is 0 Å². The van der Waals surface area contributed by atoms with Crippen molar-refractivity contribution in [2.24, 2.45) is 0 Å². The van der Waals surface area contributed by atoms with Crippen molar-refractivity contribution in [1.82, 2.24) is 10.6 Å². The standard InChI is InChI=1S/C36H52N2O4Si/c1-34(2,3)43(8,9)42-32(27-18-19-31(40)29(21-27)24-39)23-38-36(6,7)22-26-14-13-15-28(20-26)33(41)37-25-35(4,5)30-16-11-10-12-17-30/h10-21,32,38-40H,22-25H2,1-9H3,(H,37,41)/t32-/m0/s1. The number of rotatable bonds is 13. The molecule has 3 aromatic carbocycles. The highest BCUT2D eigenvalue weighted by Crippen LogP contribution is 2.40. The van der Waals surface area contributed by atoms with E-state index < -0.39 is 8.32 Å². The third kappa shape index (κ3) is 9.51. The Morgan fingerprint density at radius 2 is 1.58 bits per heavy atom. The van der Waals surface area contributed by atoms with E-state index >= 15 is 0 Å². The topological polar surface area (TPSA) is 90.8 Å². The Morgan fingerprint density at radius 1 is 0.907 bits per heavy atom. The number of aliphatic hydroxyl groups is 1. The van der Waals surface area contributed by atoms with E-state index in [1.54, 1.807) is 6.07 Å². The van der Waals surface area contributed by atoms with Gasteiger partial charge in [0.15, 0.2) is 8.32 Å². The summed E-state index contributed by atoms with van der Waals surface area (Å²) in [6.07, 6.45) is 0.463. The van der Waals surface area contributed by atoms with E-state index in [2.05, 4.69) is 90.4 Å². The summed E-state index contributed by atoms with van der Waals surface area (Å²) in [6, 6.07) is 23.4. The Hall–Kier alpha value is -2.97. The number of nitrogens with one attached hydrogen (secondary N) is 2. The van der Waals surface area contributed by atoms with Crippen molar-refractivity contribution in [1.29, 1.82) is 0 Å². The maximum absolute atomic E-state index is 13.1. The summed E-state index contributed by atoms with van der Waals surface area (Å²) < 4.78 is 6.87. The molecule has 0 saturated heterocycles. The summed E-state index contributed by atoms with van der Waals surface area (Å²) in [5, 5.41) is 26.8. The first-order chi connectivity index (χ1) is 19.9. The molecule has 3 aromatic rings. The van der Waals surface area contributed by atoms with Gasteiger partial charge in [0.25, 0.3) is 5.91 Å². The van der Waals surface area contributed by atoms with E-state index in [-0.39, 0.29) is 40.4 Å². The summed E-state index contributed by atoms with van der Waals surface area (Å²) in [5.74, 6) is 0.00429. The van der Waals surface area contributed by atoms with Crippen LogP contribution in [-0.4, -0.2) is 43.1 Å². The molecular weight excluding hydrogens is 552 g/mol. The van der Waals surface area contributed by atoms with Crippen molar-refractivity contribution in [3.05, 3.63) is 101 Å². The molecule has 0 radical (unpaired) electrons. The summed E-state index contributed by atoms with van der Waals surface area (Å²) in [7, 11) is -2.14. The number of aromatic hydroxyl groups is 1. The van der Waals surface area contributed by atoms with E-state index in [0.29, 0.717) is 30.6 Å². The van der Waals surface area contributed by atoms with Crippen molar-refractivity contribution in [2.75, 3.05) is 13.1 Å². The molecule has 0 heterocycles. The van der Waals surface area contributed by atoms with Gasteiger partial charge in [-0.05, 0) is 79.4 Å². The first-order valence-corrected chi connectivity index (χ1v) is 18.1. The number of carbonyl (C=O) groups is 1. The van der Waals surface area contributed by atoms with Gasteiger partial charge in [0.05, 0.1) is 12.7 Å². The quantitative estimate of drug-likeness (QED) is 0.154. The number of hydrogen-bond acceptors (Lipinski definition) is 5. The van der Waals surface area contributed by atoms with Crippen LogP contribution < -0.4 is 10.6 Å². The van der Waals surface area contributed by atoms with Crippen LogP contribution in [0.2, 0.25) is 18.1 Å². The molecule has 1 atom stereocenters. The molecule has 1 amide bonds. The Bertz CT molecular complexity index is 1360. The lowest BCUT2D eigenvalue weighted by Gasteiger charge is -2.40. The summed E-state index contributed by atoms with van der Waals surface area (Å²) >= 11 is 0. The van der Waals surface area contributed by atoms with Gasteiger partial charge in [-0.2, -0.15) is 0 Å². The molecule has 0 aliphatic heterocycles. The lowest BCUT2D eigenvalue weighted by molar-refractivity contribution is 0.0945.